The van der Waals surface area contributed by atoms with Gasteiger partial charge in [-0.2, -0.15) is 0 Å². The van der Waals surface area contributed by atoms with Crippen molar-refractivity contribution in [1.29, 1.82) is 0 Å². The van der Waals surface area contributed by atoms with Gasteiger partial charge in [0.25, 0.3) is 0 Å². The number of morpholine rings is 1. The first-order valence-corrected chi connectivity index (χ1v) is 7.93. The normalized spacial score (nSPS) is 23.1. The predicted molar refractivity (Wildman–Crippen MR) is 85.2 cm³/mol. The lowest BCUT2D eigenvalue weighted by molar-refractivity contribution is -0.0421. The highest BCUT2D eigenvalue weighted by atomic mass is 79.9. The second kappa shape index (κ2) is 7.41. The van der Waals surface area contributed by atoms with Crippen LogP contribution in [-0.4, -0.2) is 43.6 Å². The Kier molecular flexibility index (Phi) is 5.84. The first kappa shape index (κ1) is 15.8. The molecule has 4 nitrogen and oxygen atoms in total. The third-order valence-corrected chi connectivity index (χ3v) is 3.98. The molecular formula is C15H23BrN2O2. The fourth-order valence-electron chi connectivity index (χ4n) is 2.58. The molecule has 112 valence electrons. The smallest absolute Gasteiger partial charge is 0.0984 e. The second-order valence-electron chi connectivity index (χ2n) is 5.21. The van der Waals surface area contributed by atoms with Gasteiger partial charge in [-0.05, 0) is 31.2 Å². The Bertz CT molecular complexity index is 442. The van der Waals surface area contributed by atoms with Crippen LogP contribution in [0.4, 0.5) is 5.69 Å². The molecule has 1 heterocycles. The summed E-state index contributed by atoms with van der Waals surface area (Å²) in [4.78, 5) is 2.31. The zero-order chi connectivity index (χ0) is 14.5. The maximum Gasteiger partial charge on any atom is 0.0984 e. The molecule has 2 rings (SSSR count). The van der Waals surface area contributed by atoms with Crippen LogP contribution in [0.15, 0.2) is 22.7 Å². The molecule has 1 aromatic rings. The average Bonchev–Trinajstić information content (AvgIpc) is 2.45. The average molecular weight is 343 g/mol. The summed E-state index contributed by atoms with van der Waals surface area (Å²) in [7, 11) is 0. The number of aliphatic hydroxyl groups is 1. The lowest BCUT2D eigenvalue weighted by atomic mass is 10.1. The minimum Gasteiger partial charge on any atom is -0.394 e. The summed E-state index contributed by atoms with van der Waals surface area (Å²) >= 11 is 3.55. The van der Waals surface area contributed by atoms with Crippen LogP contribution >= 0.6 is 15.9 Å². The molecule has 0 aromatic heterocycles. The number of rotatable bonds is 5. The molecule has 1 aliphatic heterocycles. The third kappa shape index (κ3) is 3.95. The number of hydrogen-bond donors (Lipinski definition) is 2. The number of nitrogens with one attached hydrogen (secondary N) is 1. The van der Waals surface area contributed by atoms with E-state index >= 15 is 0 Å². The number of benzene rings is 1. The minimum atomic E-state index is -0.107. The van der Waals surface area contributed by atoms with Gasteiger partial charge in [0.05, 0.1) is 18.8 Å². The van der Waals surface area contributed by atoms with Gasteiger partial charge in [-0.1, -0.05) is 28.9 Å². The predicted octanol–water partition coefficient (Wildman–Crippen LogP) is 2.14. The Labute approximate surface area is 129 Å². The quantitative estimate of drug-likeness (QED) is 0.860. The molecule has 0 spiro atoms. The van der Waals surface area contributed by atoms with Crippen LogP contribution in [0.25, 0.3) is 0 Å². The Morgan fingerprint density at radius 1 is 1.45 bits per heavy atom. The van der Waals surface area contributed by atoms with Gasteiger partial charge >= 0.3 is 0 Å². The molecule has 1 fully saturated rings. The van der Waals surface area contributed by atoms with Crippen LogP contribution in [0.3, 0.4) is 0 Å². The molecule has 2 unspecified atom stereocenters. The van der Waals surface area contributed by atoms with E-state index in [0.29, 0.717) is 0 Å². The summed E-state index contributed by atoms with van der Waals surface area (Å²) in [5, 5.41) is 12.7. The van der Waals surface area contributed by atoms with Gasteiger partial charge in [-0.15, -0.1) is 0 Å². The first-order chi connectivity index (χ1) is 9.63. The van der Waals surface area contributed by atoms with E-state index in [1.165, 1.54) is 11.3 Å². The summed E-state index contributed by atoms with van der Waals surface area (Å²) in [5.74, 6) is 0. The van der Waals surface area contributed by atoms with Crippen molar-refractivity contribution in [1.82, 2.24) is 5.32 Å². The van der Waals surface area contributed by atoms with E-state index in [1.807, 2.05) is 0 Å². The molecule has 2 atom stereocenters. The van der Waals surface area contributed by atoms with Crippen LogP contribution in [0.2, 0.25) is 0 Å². The highest BCUT2D eigenvalue weighted by Gasteiger charge is 2.26. The van der Waals surface area contributed by atoms with Gasteiger partial charge in [0.2, 0.25) is 0 Å². The standard InChI is InChI=1S/C15H23BrN2O2/c1-3-17-7-12-4-5-13(16)6-15(12)18-8-11(2)20-14(9-18)10-19/h4-6,11,14,17,19H,3,7-10H2,1-2H3. The highest BCUT2D eigenvalue weighted by molar-refractivity contribution is 9.10. The molecule has 0 aliphatic carbocycles. The third-order valence-electron chi connectivity index (χ3n) is 3.48. The maximum atomic E-state index is 9.37. The number of anilines is 1. The van der Waals surface area contributed by atoms with E-state index in [2.05, 4.69) is 58.2 Å². The van der Waals surface area contributed by atoms with E-state index in [1.54, 1.807) is 0 Å². The van der Waals surface area contributed by atoms with Crippen LogP contribution in [-0.2, 0) is 11.3 Å². The molecule has 2 N–H and O–H groups in total. The zero-order valence-corrected chi connectivity index (χ0v) is 13.7. The van der Waals surface area contributed by atoms with Gasteiger partial charge in [-0.25, -0.2) is 0 Å². The number of halogens is 1. The fraction of sp³-hybridized carbons (Fsp3) is 0.600. The van der Waals surface area contributed by atoms with Crippen molar-refractivity contribution >= 4 is 21.6 Å². The largest absolute Gasteiger partial charge is 0.394 e. The number of aliphatic hydroxyl groups excluding tert-OH is 1. The van der Waals surface area contributed by atoms with Crippen molar-refractivity contribution in [3.05, 3.63) is 28.2 Å². The van der Waals surface area contributed by atoms with Gasteiger partial charge in [0.15, 0.2) is 0 Å². The van der Waals surface area contributed by atoms with Gasteiger partial charge in [0, 0.05) is 29.8 Å². The summed E-state index contributed by atoms with van der Waals surface area (Å²) in [6, 6.07) is 6.37. The van der Waals surface area contributed by atoms with Crippen LogP contribution < -0.4 is 10.2 Å². The number of ether oxygens (including phenoxy) is 1. The van der Waals surface area contributed by atoms with Crippen molar-refractivity contribution in [3.63, 3.8) is 0 Å². The highest BCUT2D eigenvalue weighted by Crippen LogP contribution is 2.28. The van der Waals surface area contributed by atoms with Crippen LogP contribution in [0, 0.1) is 0 Å². The molecular weight excluding hydrogens is 320 g/mol. The summed E-state index contributed by atoms with van der Waals surface area (Å²) < 4.78 is 6.80. The van der Waals surface area contributed by atoms with Crippen molar-refractivity contribution in [2.24, 2.45) is 0 Å². The molecule has 20 heavy (non-hydrogen) atoms. The van der Waals surface area contributed by atoms with E-state index in [0.717, 1.165) is 30.7 Å². The van der Waals surface area contributed by atoms with Crippen molar-refractivity contribution in [3.8, 4) is 0 Å². The van der Waals surface area contributed by atoms with Crippen molar-refractivity contribution in [2.75, 3.05) is 31.1 Å². The summed E-state index contributed by atoms with van der Waals surface area (Å²) in [6.45, 7) is 7.62. The molecule has 5 heteroatoms. The topological polar surface area (TPSA) is 44.7 Å². The van der Waals surface area contributed by atoms with E-state index in [4.69, 9.17) is 4.74 Å². The van der Waals surface area contributed by atoms with Gasteiger partial charge in [0.1, 0.15) is 0 Å². The molecule has 0 saturated carbocycles. The Hall–Kier alpha value is -0.620. The van der Waals surface area contributed by atoms with Crippen LogP contribution in [0.5, 0.6) is 0 Å². The number of hydrogen-bond acceptors (Lipinski definition) is 4. The zero-order valence-electron chi connectivity index (χ0n) is 12.1. The number of nitrogens with zero attached hydrogens (tertiary/aromatic N) is 1. The Morgan fingerprint density at radius 2 is 2.25 bits per heavy atom. The molecule has 0 radical (unpaired) electrons. The van der Waals surface area contributed by atoms with E-state index < -0.39 is 0 Å². The lowest BCUT2D eigenvalue weighted by Gasteiger charge is -2.38. The molecule has 0 bridgehead atoms. The minimum absolute atomic E-state index is 0.0669. The van der Waals surface area contributed by atoms with Gasteiger partial charge < -0.3 is 20.1 Å². The van der Waals surface area contributed by atoms with Crippen molar-refractivity contribution in [2.45, 2.75) is 32.6 Å². The van der Waals surface area contributed by atoms with Crippen LogP contribution in [0.1, 0.15) is 19.4 Å². The Morgan fingerprint density at radius 3 is 2.95 bits per heavy atom. The monoisotopic (exact) mass is 342 g/mol. The fourth-order valence-corrected chi connectivity index (χ4v) is 2.93. The summed E-state index contributed by atoms with van der Waals surface area (Å²) in [5.41, 5.74) is 2.50. The maximum absolute atomic E-state index is 9.37. The first-order valence-electron chi connectivity index (χ1n) is 7.14. The SMILES string of the molecule is CCNCc1ccc(Br)cc1N1CC(C)OC(CO)C1. The summed E-state index contributed by atoms with van der Waals surface area (Å²) in [6.07, 6.45) is 0.0246. The second-order valence-corrected chi connectivity index (χ2v) is 6.13. The molecule has 1 saturated heterocycles. The Balaban J connectivity index is 2.22. The van der Waals surface area contributed by atoms with Crippen molar-refractivity contribution < 1.29 is 9.84 Å². The molecule has 0 amide bonds. The molecule has 1 aromatic carbocycles. The van der Waals surface area contributed by atoms with E-state index in [9.17, 15) is 5.11 Å². The lowest BCUT2D eigenvalue weighted by Crippen LogP contribution is -2.48. The molecule has 1 aliphatic rings. The van der Waals surface area contributed by atoms with E-state index in [-0.39, 0.29) is 18.8 Å². The van der Waals surface area contributed by atoms with Gasteiger partial charge in [-0.3, -0.25) is 0 Å².